The Hall–Kier alpha value is -4.37. The predicted octanol–water partition coefficient (Wildman–Crippen LogP) is 3.86. The van der Waals surface area contributed by atoms with Crippen molar-refractivity contribution in [1.29, 1.82) is 0 Å². The van der Waals surface area contributed by atoms with E-state index in [1.54, 1.807) is 23.9 Å². The Labute approximate surface area is 212 Å². The number of hydrogen-bond donors (Lipinski definition) is 1. The average molecular weight is 497 g/mol. The quantitative estimate of drug-likeness (QED) is 0.384. The highest BCUT2D eigenvalue weighted by Crippen LogP contribution is 2.32. The molecule has 1 aliphatic heterocycles. The van der Waals surface area contributed by atoms with Crippen LogP contribution >= 0.6 is 0 Å². The van der Waals surface area contributed by atoms with Crippen molar-refractivity contribution in [2.75, 3.05) is 13.7 Å². The standard InChI is InChI=1S/C28H25FN6O2/c1-37-23-10-11-25-21(14-23)15-24(28(36)30-25)26(34-13-12-19-4-2-3-5-20(19)17-34)27-31-32-33-35(27)16-18-6-8-22(29)9-7-18/h2-11,14-15,26H,12-13,16-17H2,1H3,(H,30,36)/t26-/m0/s1. The first kappa shape index (κ1) is 23.1. The summed E-state index contributed by atoms with van der Waals surface area (Å²) in [5.41, 5.74) is 4.46. The zero-order chi connectivity index (χ0) is 25.4. The summed E-state index contributed by atoms with van der Waals surface area (Å²) in [5.74, 6) is 0.954. The number of rotatable bonds is 6. The number of benzene rings is 3. The van der Waals surface area contributed by atoms with Crippen LogP contribution in [0.4, 0.5) is 4.39 Å². The molecule has 1 N–H and O–H groups in total. The van der Waals surface area contributed by atoms with E-state index >= 15 is 0 Å². The monoisotopic (exact) mass is 496 g/mol. The molecule has 8 nitrogen and oxygen atoms in total. The predicted molar refractivity (Wildman–Crippen MR) is 137 cm³/mol. The zero-order valence-electron chi connectivity index (χ0n) is 20.3. The third-order valence-electron chi connectivity index (χ3n) is 6.95. The van der Waals surface area contributed by atoms with Crippen LogP contribution in [0.5, 0.6) is 5.75 Å². The number of pyridine rings is 1. The van der Waals surface area contributed by atoms with Crippen molar-refractivity contribution in [3.05, 3.63) is 117 Å². The van der Waals surface area contributed by atoms with Gasteiger partial charge in [-0.2, -0.15) is 0 Å². The van der Waals surface area contributed by atoms with Crippen LogP contribution in [0.15, 0.2) is 77.6 Å². The minimum absolute atomic E-state index is 0.196. The summed E-state index contributed by atoms with van der Waals surface area (Å²) in [5, 5.41) is 13.5. The molecule has 37 heavy (non-hydrogen) atoms. The van der Waals surface area contributed by atoms with Gasteiger partial charge in [-0.1, -0.05) is 36.4 Å². The van der Waals surface area contributed by atoms with Crippen LogP contribution in [-0.4, -0.2) is 43.7 Å². The summed E-state index contributed by atoms with van der Waals surface area (Å²) in [6, 6.07) is 21.6. The molecular weight excluding hydrogens is 471 g/mol. The maximum Gasteiger partial charge on any atom is 0.253 e. The van der Waals surface area contributed by atoms with Crippen molar-refractivity contribution in [2.45, 2.75) is 25.6 Å². The van der Waals surface area contributed by atoms with Gasteiger partial charge in [-0.15, -0.1) is 5.10 Å². The highest BCUT2D eigenvalue weighted by Gasteiger charge is 2.32. The van der Waals surface area contributed by atoms with E-state index in [9.17, 15) is 9.18 Å². The lowest BCUT2D eigenvalue weighted by molar-refractivity contribution is 0.194. The molecule has 0 saturated carbocycles. The van der Waals surface area contributed by atoms with Gasteiger partial charge < -0.3 is 9.72 Å². The Kier molecular flexibility index (Phi) is 5.97. The lowest BCUT2D eigenvalue weighted by Gasteiger charge is -2.34. The van der Waals surface area contributed by atoms with Gasteiger partial charge in [0.1, 0.15) is 17.6 Å². The Bertz CT molecular complexity index is 1630. The molecule has 3 heterocycles. The number of fused-ring (bicyclic) bond motifs is 2. The van der Waals surface area contributed by atoms with Crippen LogP contribution in [0.2, 0.25) is 0 Å². The van der Waals surface area contributed by atoms with Crippen molar-refractivity contribution < 1.29 is 9.13 Å². The van der Waals surface area contributed by atoms with Gasteiger partial charge in [-0.05, 0) is 69.9 Å². The maximum absolute atomic E-state index is 13.5. The van der Waals surface area contributed by atoms with Crippen LogP contribution in [-0.2, 0) is 19.5 Å². The van der Waals surface area contributed by atoms with Crippen molar-refractivity contribution in [1.82, 2.24) is 30.1 Å². The van der Waals surface area contributed by atoms with Gasteiger partial charge in [0.2, 0.25) is 0 Å². The number of hydrogen-bond acceptors (Lipinski definition) is 6. The number of H-pyrrole nitrogens is 1. The number of aromatic amines is 1. The normalized spacial score (nSPS) is 14.4. The lowest BCUT2D eigenvalue weighted by Crippen LogP contribution is -2.38. The fourth-order valence-electron chi connectivity index (χ4n) is 5.05. The summed E-state index contributed by atoms with van der Waals surface area (Å²) in [4.78, 5) is 18.8. The molecule has 1 atom stereocenters. The van der Waals surface area contributed by atoms with E-state index in [0.717, 1.165) is 29.4 Å². The second kappa shape index (κ2) is 9.59. The first-order chi connectivity index (χ1) is 18.1. The molecule has 0 fully saturated rings. The molecule has 0 spiro atoms. The summed E-state index contributed by atoms with van der Waals surface area (Å²) < 4.78 is 20.6. The Morgan fingerprint density at radius 2 is 1.86 bits per heavy atom. The van der Waals surface area contributed by atoms with E-state index in [1.807, 2.05) is 30.3 Å². The second-order valence-corrected chi connectivity index (χ2v) is 9.22. The van der Waals surface area contributed by atoms with Gasteiger partial charge in [0.15, 0.2) is 5.82 Å². The highest BCUT2D eigenvalue weighted by atomic mass is 19.1. The SMILES string of the molecule is COc1ccc2[nH]c(=O)c([C@@H](c3nnnn3Cc3ccc(F)cc3)N3CCc4ccccc4C3)cc2c1. The number of ether oxygens (including phenoxy) is 1. The van der Waals surface area contributed by atoms with Gasteiger partial charge >= 0.3 is 0 Å². The molecule has 1 aliphatic rings. The summed E-state index contributed by atoms with van der Waals surface area (Å²) in [7, 11) is 1.62. The van der Waals surface area contributed by atoms with Crippen molar-refractivity contribution in [3.63, 3.8) is 0 Å². The second-order valence-electron chi connectivity index (χ2n) is 9.22. The van der Waals surface area contributed by atoms with Gasteiger partial charge in [0.25, 0.3) is 5.56 Å². The first-order valence-corrected chi connectivity index (χ1v) is 12.1. The molecule has 0 saturated heterocycles. The van der Waals surface area contributed by atoms with E-state index in [4.69, 9.17) is 4.74 Å². The number of nitrogens with zero attached hydrogens (tertiary/aromatic N) is 5. The lowest BCUT2D eigenvalue weighted by atomic mass is 9.96. The molecule has 0 bridgehead atoms. The highest BCUT2D eigenvalue weighted by molar-refractivity contribution is 5.80. The molecule has 9 heteroatoms. The zero-order valence-corrected chi connectivity index (χ0v) is 20.3. The minimum atomic E-state index is -0.497. The molecule has 6 rings (SSSR count). The van der Waals surface area contributed by atoms with Crippen molar-refractivity contribution in [3.8, 4) is 5.75 Å². The molecule has 0 aliphatic carbocycles. The van der Waals surface area contributed by atoms with Gasteiger partial charge in [-0.25, -0.2) is 9.07 Å². The first-order valence-electron chi connectivity index (χ1n) is 12.1. The van der Waals surface area contributed by atoms with Crippen LogP contribution in [0.25, 0.3) is 10.9 Å². The summed E-state index contributed by atoms with van der Waals surface area (Å²) in [6.45, 7) is 1.74. The van der Waals surface area contributed by atoms with E-state index in [1.165, 1.54) is 23.3 Å². The number of methoxy groups -OCH3 is 1. The van der Waals surface area contributed by atoms with Crippen LogP contribution in [0.3, 0.4) is 0 Å². The average Bonchev–Trinajstić information content (AvgIpc) is 3.37. The van der Waals surface area contributed by atoms with E-state index in [-0.39, 0.29) is 11.4 Å². The molecule has 2 aromatic heterocycles. The third-order valence-corrected chi connectivity index (χ3v) is 6.95. The fraction of sp³-hybridized carbons (Fsp3) is 0.214. The van der Waals surface area contributed by atoms with E-state index in [2.05, 4.69) is 43.6 Å². The minimum Gasteiger partial charge on any atom is -0.497 e. The molecule has 0 radical (unpaired) electrons. The maximum atomic E-state index is 13.5. The van der Waals surface area contributed by atoms with Crippen LogP contribution < -0.4 is 10.3 Å². The van der Waals surface area contributed by atoms with Crippen LogP contribution in [0, 0.1) is 5.82 Å². The molecule has 0 amide bonds. The van der Waals surface area contributed by atoms with E-state index in [0.29, 0.717) is 30.2 Å². The number of aromatic nitrogens is 5. The number of halogens is 1. The number of nitrogens with one attached hydrogen (secondary N) is 1. The Morgan fingerprint density at radius 1 is 1.05 bits per heavy atom. The smallest absolute Gasteiger partial charge is 0.253 e. The third kappa shape index (κ3) is 4.49. The summed E-state index contributed by atoms with van der Waals surface area (Å²) in [6.07, 6.45) is 0.853. The molecule has 5 aromatic rings. The molecule has 0 unspecified atom stereocenters. The van der Waals surface area contributed by atoms with Gasteiger partial charge in [-0.3, -0.25) is 9.69 Å². The molecule has 186 valence electrons. The largest absolute Gasteiger partial charge is 0.497 e. The molecule has 3 aromatic carbocycles. The molecular formula is C28H25FN6O2. The van der Waals surface area contributed by atoms with Gasteiger partial charge in [0.05, 0.1) is 13.7 Å². The van der Waals surface area contributed by atoms with Crippen LogP contribution in [0.1, 0.15) is 34.1 Å². The fourth-order valence-corrected chi connectivity index (χ4v) is 5.05. The van der Waals surface area contributed by atoms with Gasteiger partial charge in [0, 0.05) is 29.6 Å². The van der Waals surface area contributed by atoms with Crippen molar-refractivity contribution >= 4 is 10.9 Å². The van der Waals surface area contributed by atoms with Crippen molar-refractivity contribution in [2.24, 2.45) is 0 Å². The topological polar surface area (TPSA) is 88.9 Å². The number of tetrazole rings is 1. The Morgan fingerprint density at radius 3 is 2.68 bits per heavy atom. The summed E-state index contributed by atoms with van der Waals surface area (Å²) >= 11 is 0. The Balaban J connectivity index is 1.47. The van der Waals surface area contributed by atoms with E-state index < -0.39 is 6.04 Å².